The number of hydrogen-bond acceptors (Lipinski definition) is 3. The van der Waals surface area contributed by atoms with E-state index in [4.69, 9.17) is 16.9 Å². The topological polar surface area (TPSA) is 52.9 Å². The van der Waals surface area contributed by atoms with Gasteiger partial charge in [-0.15, -0.1) is 11.8 Å². The van der Waals surface area contributed by atoms with Crippen LogP contribution in [-0.4, -0.2) is 11.7 Å². The van der Waals surface area contributed by atoms with Gasteiger partial charge >= 0.3 is 0 Å². The van der Waals surface area contributed by atoms with Crippen LogP contribution in [0.25, 0.3) is 0 Å². The second-order valence-electron chi connectivity index (χ2n) is 4.26. The van der Waals surface area contributed by atoms with Crippen molar-refractivity contribution in [3.63, 3.8) is 0 Å². The van der Waals surface area contributed by atoms with Gasteiger partial charge in [0.15, 0.2) is 0 Å². The number of benzene rings is 2. The molecular weight excluding hydrogens is 304 g/mol. The van der Waals surface area contributed by atoms with Crippen molar-refractivity contribution in [2.24, 2.45) is 0 Å². The van der Waals surface area contributed by atoms with E-state index in [2.05, 4.69) is 11.4 Å². The van der Waals surface area contributed by atoms with Crippen LogP contribution in [0.4, 0.5) is 5.69 Å². The molecule has 0 atom stereocenters. The van der Waals surface area contributed by atoms with Gasteiger partial charge in [-0.3, -0.25) is 4.79 Å². The van der Waals surface area contributed by atoms with E-state index >= 15 is 0 Å². The van der Waals surface area contributed by atoms with Crippen LogP contribution in [0, 0.1) is 11.3 Å². The summed E-state index contributed by atoms with van der Waals surface area (Å²) in [6.07, 6.45) is 0.382. The van der Waals surface area contributed by atoms with E-state index in [1.807, 2.05) is 24.3 Å². The number of nitrogens with zero attached hydrogens (tertiary/aromatic N) is 1. The summed E-state index contributed by atoms with van der Waals surface area (Å²) in [6, 6.07) is 16.5. The molecular formula is C16H13ClN2OS. The molecule has 0 aliphatic carbocycles. The Labute approximate surface area is 132 Å². The molecule has 0 aliphatic rings. The van der Waals surface area contributed by atoms with Gasteiger partial charge in [0, 0.05) is 22.1 Å². The number of para-hydroxylation sites is 1. The summed E-state index contributed by atoms with van der Waals surface area (Å²) in [7, 11) is 0. The third-order valence-electron chi connectivity index (χ3n) is 2.73. The molecule has 0 unspecified atom stereocenters. The summed E-state index contributed by atoms with van der Waals surface area (Å²) in [5.41, 5.74) is 1.03. The van der Waals surface area contributed by atoms with Crippen LogP contribution < -0.4 is 5.32 Å². The molecule has 106 valence electrons. The summed E-state index contributed by atoms with van der Waals surface area (Å²) >= 11 is 7.41. The Bertz CT molecular complexity index is 665. The Morgan fingerprint density at radius 2 is 1.90 bits per heavy atom. The molecule has 0 aromatic heterocycles. The van der Waals surface area contributed by atoms with Crippen LogP contribution in [-0.2, 0) is 4.79 Å². The molecule has 5 heteroatoms. The van der Waals surface area contributed by atoms with E-state index in [-0.39, 0.29) is 5.91 Å². The maximum Gasteiger partial charge on any atom is 0.225 e. The second kappa shape index (κ2) is 7.72. The molecule has 1 N–H and O–H groups in total. The Kier molecular flexibility index (Phi) is 5.68. The number of amides is 1. The Morgan fingerprint density at radius 3 is 2.62 bits per heavy atom. The standard InChI is InChI=1S/C16H13ClN2OS/c17-13-5-7-14(8-6-13)21-10-9-16(20)19-15-4-2-1-3-12(15)11-18/h1-8H,9-10H2,(H,19,20). The number of nitriles is 1. The average molecular weight is 317 g/mol. The van der Waals surface area contributed by atoms with Crippen molar-refractivity contribution in [3.8, 4) is 6.07 Å². The molecule has 1 amide bonds. The van der Waals surface area contributed by atoms with Crippen molar-refractivity contribution >= 4 is 35.0 Å². The zero-order valence-electron chi connectivity index (χ0n) is 11.2. The third-order valence-corrected chi connectivity index (χ3v) is 4.00. The summed E-state index contributed by atoms with van der Waals surface area (Å²) < 4.78 is 0. The van der Waals surface area contributed by atoms with Crippen LogP contribution in [0.3, 0.4) is 0 Å². The molecule has 0 fully saturated rings. The summed E-state index contributed by atoms with van der Waals surface area (Å²) in [5.74, 6) is 0.571. The molecule has 2 aromatic rings. The number of rotatable bonds is 5. The van der Waals surface area contributed by atoms with Crippen molar-refractivity contribution in [2.75, 3.05) is 11.1 Å². The van der Waals surface area contributed by atoms with E-state index < -0.39 is 0 Å². The normalized spacial score (nSPS) is 9.90. The lowest BCUT2D eigenvalue weighted by atomic mass is 10.2. The minimum Gasteiger partial charge on any atom is -0.325 e. The third kappa shape index (κ3) is 4.82. The van der Waals surface area contributed by atoms with E-state index in [1.165, 1.54) is 0 Å². The first kappa shape index (κ1) is 15.4. The van der Waals surface area contributed by atoms with E-state index in [9.17, 15) is 4.79 Å². The number of anilines is 1. The number of halogens is 1. The van der Waals surface area contributed by atoms with Crippen molar-refractivity contribution in [1.82, 2.24) is 0 Å². The SMILES string of the molecule is N#Cc1ccccc1NC(=O)CCSc1ccc(Cl)cc1. The molecule has 2 aromatic carbocycles. The molecule has 21 heavy (non-hydrogen) atoms. The van der Waals surface area contributed by atoms with Crippen molar-refractivity contribution in [1.29, 1.82) is 5.26 Å². The van der Waals surface area contributed by atoms with Gasteiger partial charge in [-0.05, 0) is 36.4 Å². The highest BCUT2D eigenvalue weighted by atomic mass is 35.5. The number of carbonyl (C=O) groups is 1. The predicted molar refractivity (Wildman–Crippen MR) is 86.6 cm³/mol. The minimum atomic E-state index is -0.0980. The number of thioether (sulfide) groups is 1. The largest absolute Gasteiger partial charge is 0.325 e. The molecule has 0 spiro atoms. The van der Waals surface area contributed by atoms with Gasteiger partial charge in [0.1, 0.15) is 6.07 Å². The van der Waals surface area contributed by atoms with E-state index in [1.54, 1.807) is 36.0 Å². The summed E-state index contributed by atoms with van der Waals surface area (Å²) in [6.45, 7) is 0. The average Bonchev–Trinajstić information content (AvgIpc) is 2.50. The van der Waals surface area contributed by atoms with Crippen LogP contribution in [0.5, 0.6) is 0 Å². The molecule has 2 rings (SSSR count). The zero-order chi connectivity index (χ0) is 15.1. The van der Waals surface area contributed by atoms with E-state index in [0.717, 1.165) is 4.90 Å². The maximum absolute atomic E-state index is 11.9. The lowest BCUT2D eigenvalue weighted by molar-refractivity contribution is -0.115. The molecule has 0 bridgehead atoms. The highest BCUT2D eigenvalue weighted by molar-refractivity contribution is 7.99. The van der Waals surface area contributed by atoms with Crippen LogP contribution >= 0.6 is 23.4 Å². The number of hydrogen-bond donors (Lipinski definition) is 1. The van der Waals surface area contributed by atoms with Crippen molar-refractivity contribution in [3.05, 3.63) is 59.1 Å². The van der Waals surface area contributed by atoms with Crippen LogP contribution in [0.1, 0.15) is 12.0 Å². The zero-order valence-corrected chi connectivity index (χ0v) is 12.7. The van der Waals surface area contributed by atoms with Gasteiger partial charge in [0.25, 0.3) is 0 Å². The maximum atomic E-state index is 11.9. The molecule has 0 radical (unpaired) electrons. The Hall–Kier alpha value is -1.96. The molecule has 0 saturated carbocycles. The van der Waals surface area contributed by atoms with Gasteiger partial charge in [-0.2, -0.15) is 5.26 Å². The minimum absolute atomic E-state index is 0.0980. The van der Waals surface area contributed by atoms with Gasteiger partial charge in [0.05, 0.1) is 11.3 Å². The number of nitrogens with one attached hydrogen (secondary N) is 1. The molecule has 0 heterocycles. The Morgan fingerprint density at radius 1 is 1.19 bits per heavy atom. The highest BCUT2D eigenvalue weighted by Crippen LogP contribution is 2.21. The van der Waals surface area contributed by atoms with Gasteiger partial charge in [0.2, 0.25) is 5.91 Å². The van der Waals surface area contributed by atoms with Crippen molar-refractivity contribution < 1.29 is 4.79 Å². The van der Waals surface area contributed by atoms with Crippen molar-refractivity contribution in [2.45, 2.75) is 11.3 Å². The quantitative estimate of drug-likeness (QED) is 0.835. The molecule has 3 nitrogen and oxygen atoms in total. The van der Waals surface area contributed by atoms with Crippen LogP contribution in [0.15, 0.2) is 53.4 Å². The fourth-order valence-corrected chi connectivity index (χ4v) is 2.67. The summed E-state index contributed by atoms with van der Waals surface area (Å²) in [5, 5.41) is 12.4. The first-order chi connectivity index (χ1) is 10.2. The highest BCUT2D eigenvalue weighted by Gasteiger charge is 2.06. The lowest BCUT2D eigenvalue weighted by Gasteiger charge is -2.06. The summed E-state index contributed by atoms with van der Waals surface area (Å²) in [4.78, 5) is 12.9. The van der Waals surface area contributed by atoms with E-state index in [0.29, 0.717) is 28.4 Å². The fourth-order valence-electron chi connectivity index (χ4n) is 1.69. The lowest BCUT2D eigenvalue weighted by Crippen LogP contribution is -2.13. The smallest absolute Gasteiger partial charge is 0.225 e. The predicted octanol–water partition coefficient (Wildman–Crippen LogP) is 4.33. The fraction of sp³-hybridized carbons (Fsp3) is 0.125. The monoisotopic (exact) mass is 316 g/mol. The first-order valence-electron chi connectivity index (χ1n) is 6.36. The molecule has 0 aliphatic heterocycles. The van der Waals surface area contributed by atoms with Crippen LogP contribution in [0.2, 0.25) is 5.02 Å². The van der Waals surface area contributed by atoms with Gasteiger partial charge in [-0.1, -0.05) is 23.7 Å². The second-order valence-corrected chi connectivity index (χ2v) is 5.86. The van der Waals surface area contributed by atoms with Gasteiger partial charge < -0.3 is 5.32 Å². The molecule has 0 saturated heterocycles. The van der Waals surface area contributed by atoms with Gasteiger partial charge in [-0.25, -0.2) is 0 Å². The number of carbonyl (C=O) groups excluding carboxylic acids is 1. The first-order valence-corrected chi connectivity index (χ1v) is 7.73. The Balaban J connectivity index is 1.82.